The summed E-state index contributed by atoms with van der Waals surface area (Å²) in [6.07, 6.45) is 0. The molecule has 7 aliphatic rings. The first-order chi connectivity index (χ1) is 8.13. The van der Waals surface area contributed by atoms with Gasteiger partial charge in [-0.25, -0.2) is 0 Å². The first-order valence-electron chi connectivity index (χ1n) is 6.61. The molecule has 1 spiro atoms. The third-order valence-electron chi connectivity index (χ3n) is 7.25. The van der Waals surface area contributed by atoms with Crippen LogP contribution in [-0.4, -0.2) is 29.1 Å². The number of hydrogen-bond donors (Lipinski definition) is 0. The van der Waals surface area contributed by atoms with Gasteiger partial charge in [0.25, 0.3) is 0 Å². The van der Waals surface area contributed by atoms with Crippen molar-refractivity contribution in [2.75, 3.05) is 13.2 Å². The number of rotatable bonds is 1. The van der Waals surface area contributed by atoms with Crippen molar-refractivity contribution < 1.29 is 14.3 Å². The molecule has 2 bridgehead atoms. The molecule has 0 aromatic rings. The Labute approximate surface area is 107 Å². The third kappa shape index (κ3) is 0.450. The Balaban J connectivity index is 1.59. The molecule has 0 aromatic carbocycles. The minimum absolute atomic E-state index is 0.0678. The highest BCUT2D eigenvalue weighted by Crippen LogP contribution is 3.04. The fourth-order valence-electron chi connectivity index (χ4n) is 7.32. The second kappa shape index (κ2) is 1.97. The minimum Gasteiger partial charge on any atom is -0.346 e. The third-order valence-corrected chi connectivity index (χ3v) is 8.86. The molecule has 0 N–H and O–H groups in total. The number of carbonyl (C=O) groups is 1. The molecule has 1 aliphatic heterocycles. The van der Waals surface area contributed by atoms with Crippen LogP contribution in [0, 0.1) is 40.9 Å². The summed E-state index contributed by atoms with van der Waals surface area (Å²) < 4.78 is 12.2. The lowest BCUT2D eigenvalue weighted by molar-refractivity contribution is -0.414. The van der Waals surface area contributed by atoms with Crippen molar-refractivity contribution >= 4 is 21.7 Å². The Hall–Kier alpha value is 0.0700. The van der Waals surface area contributed by atoms with Crippen molar-refractivity contribution in [2.45, 2.75) is 17.0 Å². The minimum atomic E-state index is -0.358. The molecule has 4 heteroatoms. The van der Waals surface area contributed by atoms with Gasteiger partial charge < -0.3 is 9.47 Å². The van der Waals surface area contributed by atoms with Crippen molar-refractivity contribution in [3.63, 3.8) is 0 Å². The number of alkyl halides is 1. The van der Waals surface area contributed by atoms with E-state index in [9.17, 15) is 4.79 Å². The van der Waals surface area contributed by atoms with Crippen LogP contribution in [0.25, 0.3) is 0 Å². The molecule has 4 unspecified atom stereocenters. The normalized spacial score (nSPS) is 73.5. The van der Waals surface area contributed by atoms with E-state index >= 15 is 0 Å². The highest BCUT2D eigenvalue weighted by molar-refractivity contribution is 9.10. The van der Waals surface area contributed by atoms with Crippen molar-refractivity contribution in [2.24, 2.45) is 40.9 Å². The second-order valence-corrected chi connectivity index (χ2v) is 8.09. The molecule has 7 fully saturated rings. The van der Waals surface area contributed by atoms with Crippen molar-refractivity contribution in [3.8, 4) is 0 Å². The Morgan fingerprint density at radius 3 is 2.12 bits per heavy atom. The number of hydrogen-bond acceptors (Lipinski definition) is 3. The predicted molar refractivity (Wildman–Crippen MR) is 60.3 cm³/mol. The smallest absolute Gasteiger partial charge is 0.187 e. The Kier molecular flexibility index (Phi) is 1.05. The van der Waals surface area contributed by atoms with E-state index in [4.69, 9.17) is 9.47 Å². The Morgan fingerprint density at radius 2 is 1.59 bits per heavy atom. The number of ketones is 1. The summed E-state index contributed by atoms with van der Waals surface area (Å²) in [5, 5.41) is 0. The molecule has 17 heavy (non-hydrogen) atoms. The molecule has 8 atom stereocenters. The largest absolute Gasteiger partial charge is 0.346 e. The fourth-order valence-corrected chi connectivity index (χ4v) is 8.95. The number of ether oxygens (including phenoxy) is 2. The SMILES string of the molecule is CC(=O)C12C3[C@H]4[C@H]1C1[C@H]2[C@H]3C4(Br)C12OCCO2. The first kappa shape index (κ1) is 9.05. The van der Waals surface area contributed by atoms with Crippen LogP contribution in [0.5, 0.6) is 0 Å². The zero-order valence-corrected chi connectivity index (χ0v) is 11.1. The topological polar surface area (TPSA) is 35.5 Å². The van der Waals surface area contributed by atoms with Gasteiger partial charge in [0.05, 0.1) is 17.5 Å². The molecule has 7 rings (SSSR count). The second-order valence-electron chi connectivity index (χ2n) is 6.78. The van der Waals surface area contributed by atoms with Gasteiger partial charge in [0.1, 0.15) is 5.78 Å². The summed E-state index contributed by atoms with van der Waals surface area (Å²) in [5.41, 5.74) is 0.0794. The predicted octanol–water partition coefficient (Wildman–Crippen LogP) is 1.20. The van der Waals surface area contributed by atoms with Crippen LogP contribution in [-0.2, 0) is 14.3 Å². The molecular formula is C13H13BrO3. The molecule has 0 aromatic heterocycles. The lowest BCUT2D eigenvalue weighted by atomic mass is 9.12. The van der Waals surface area contributed by atoms with E-state index in [-0.39, 0.29) is 15.5 Å². The quantitative estimate of drug-likeness (QED) is 0.682. The Bertz CT molecular complexity index is 489. The van der Waals surface area contributed by atoms with Gasteiger partial charge in [-0.15, -0.1) is 0 Å². The maximum Gasteiger partial charge on any atom is 0.187 e. The Morgan fingerprint density at radius 1 is 1.06 bits per heavy atom. The number of halogens is 1. The van der Waals surface area contributed by atoms with Gasteiger partial charge in [0, 0.05) is 11.3 Å². The number of Topliss-reactive ketones (excluding diaryl/α,β-unsaturated/α-hetero) is 1. The van der Waals surface area contributed by atoms with Gasteiger partial charge in [-0.3, -0.25) is 4.79 Å². The molecule has 1 heterocycles. The van der Waals surface area contributed by atoms with Gasteiger partial charge in [0.2, 0.25) is 0 Å². The van der Waals surface area contributed by atoms with E-state index in [1.165, 1.54) is 0 Å². The van der Waals surface area contributed by atoms with E-state index in [1.807, 2.05) is 0 Å². The highest BCUT2D eigenvalue weighted by Gasteiger charge is 3.09. The molecular weight excluding hydrogens is 284 g/mol. The average molecular weight is 297 g/mol. The van der Waals surface area contributed by atoms with Gasteiger partial charge in [-0.05, 0) is 36.5 Å². The monoisotopic (exact) mass is 296 g/mol. The average Bonchev–Trinajstić information content (AvgIpc) is 2.78. The van der Waals surface area contributed by atoms with E-state index in [1.54, 1.807) is 6.92 Å². The summed E-state index contributed by atoms with van der Waals surface area (Å²) in [6, 6.07) is 0. The van der Waals surface area contributed by atoms with Gasteiger partial charge >= 0.3 is 0 Å². The van der Waals surface area contributed by atoms with Gasteiger partial charge in [0.15, 0.2) is 5.79 Å². The molecule has 90 valence electrons. The molecule has 1 saturated heterocycles. The summed E-state index contributed by atoms with van der Waals surface area (Å²) in [5.74, 6) is 3.70. The zero-order chi connectivity index (χ0) is 11.4. The van der Waals surface area contributed by atoms with Crippen LogP contribution in [0.3, 0.4) is 0 Å². The molecule has 6 aliphatic carbocycles. The van der Waals surface area contributed by atoms with Gasteiger partial charge in [-0.1, -0.05) is 15.9 Å². The maximum absolute atomic E-state index is 12.0. The summed E-state index contributed by atoms with van der Waals surface area (Å²) >= 11 is 3.99. The number of carbonyl (C=O) groups excluding carboxylic acids is 1. The molecule has 3 nitrogen and oxygen atoms in total. The lowest BCUT2D eigenvalue weighted by Gasteiger charge is -2.90. The van der Waals surface area contributed by atoms with Crippen LogP contribution >= 0.6 is 15.9 Å². The van der Waals surface area contributed by atoms with Crippen molar-refractivity contribution in [1.82, 2.24) is 0 Å². The summed E-state index contributed by atoms with van der Waals surface area (Å²) in [6.45, 7) is 3.24. The van der Waals surface area contributed by atoms with Crippen LogP contribution in [0.4, 0.5) is 0 Å². The lowest BCUT2D eigenvalue weighted by Crippen LogP contribution is -2.93. The van der Waals surface area contributed by atoms with E-state index in [0.29, 0.717) is 41.3 Å². The first-order valence-corrected chi connectivity index (χ1v) is 7.40. The van der Waals surface area contributed by atoms with Crippen LogP contribution in [0.15, 0.2) is 0 Å². The highest BCUT2D eigenvalue weighted by atomic mass is 79.9. The maximum atomic E-state index is 12.0. The van der Waals surface area contributed by atoms with Crippen molar-refractivity contribution in [1.29, 1.82) is 0 Å². The zero-order valence-electron chi connectivity index (χ0n) is 9.48. The molecule has 0 amide bonds. The van der Waals surface area contributed by atoms with Crippen molar-refractivity contribution in [3.05, 3.63) is 0 Å². The fraction of sp³-hybridized carbons (Fsp3) is 0.923. The van der Waals surface area contributed by atoms with E-state index < -0.39 is 0 Å². The summed E-state index contributed by atoms with van der Waals surface area (Å²) in [4.78, 5) is 12.0. The summed E-state index contributed by atoms with van der Waals surface area (Å²) in [7, 11) is 0. The van der Waals surface area contributed by atoms with Crippen LogP contribution in [0.1, 0.15) is 6.92 Å². The van der Waals surface area contributed by atoms with Crippen LogP contribution in [0.2, 0.25) is 0 Å². The van der Waals surface area contributed by atoms with Gasteiger partial charge in [-0.2, -0.15) is 0 Å². The van der Waals surface area contributed by atoms with E-state index in [2.05, 4.69) is 15.9 Å². The molecule has 6 saturated carbocycles. The molecule has 0 radical (unpaired) electrons. The van der Waals surface area contributed by atoms with Crippen LogP contribution < -0.4 is 0 Å². The standard InChI is InChI=1S/C13H13BrO3/c1-4(15)11-5-8-6(11)10-7(11)9(5)12(8,14)13(10)16-2-3-17-13/h5-10H,2-3H2,1H3/t5?,6-,7+,8-,9-,10?,11?,12?/m0/s1. The van der Waals surface area contributed by atoms with E-state index in [0.717, 1.165) is 13.2 Å².